The summed E-state index contributed by atoms with van der Waals surface area (Å²) in [5.41, 5.74) is 1.21. The van der Waals surface area contributed by atoms with Crippen LogP contribution in [-0.2, 0) is 7.05 Å². The van der Waals surface area contributed by atoms with Gasteiger partial charge in [0, 0.05) is 12.6 Å². The number of nitrogens with zero attached hydrogens (tertiary/aromatic N) is 4. The number of fused-ring (bicyclic) bond motifs is 1. The molecule has 0 fully saturated rings. The predicted molar refractivity (Wildman–Crippen MR) is 81.4 cm³/mol. The molecule has 0 bridgehead atoms. The summed E-state index contributed by atoms with van der Waals surface area (Å²) in [5.74, 6) is 0.971. The maximum Gasteiger partial charge on any atom is 0.209 e. The van der Waals surface area contributed by atoms with Gasteiger partial charge in [0.15, 0.2) is 0 Å². The molecule has 0 radical (unpaired) electrons. The number of aryl methyl sites for hydroxylation is 1. The van der Waals surface area contributed by atoms with Crippen molar-refractivity contribution in [2.24, 2.45) is 7.05 Å². The van der Waals surface area contributed by atoms with E-state index in [4.69, 9.17) is 4.74 Å². The molecule has 7 heteroatoms. The van der Waals surface area contributed by atoms with Crippen molar-refractivity contribution < 1.29 is 4.74 Å². The van der Waals surface area contributed by atoms with Crippen LogP contribution >= 0.6 is 11.8 Å². The van der Waals surface area contributed by atoms with Crippen LogP contribution < -0.4 is 10.1 Å². The molecular formula is C14H19N5OS. The summed E-state index contributed by atoms with van der Waals surface area (Å²) in [7, 11) is 1.86. The second-order valence-electron chi connectivity index (χ2n) is 5.02. The molecule has 21 heavy (non-hydrogen) atoms. The lowest BCUT2D eigenvalue weighted by Gasteiger charge is -2.33. The zero-order chi connectivity index (χ0) is 14.7. The summed E-state index contributed by atoms with van der Waals surface area (Å²) in [6.07, 6.45) is 1.10. The van der Waals surface area contributed by atoms with Crippen molar-refractivity contribution in [3.63, 3.8) is 0 Å². The van der Waals surface area contributed by atoms with Gasteiger partial charge < -0.3 is 10.1 Å². The molecule has 1 aromatic heterocycles. The quantitative estimate of drug-likeness (QED) is 0.909. The van der Waals surface area contributed by atoms with Crippen molar-refractivity contribution in [3.8, 4) is 5.75 Å². The molecule has 0 aliphatic carbocycles. The Morgan fingerprint density at radius 1 is 1.43 bits per heavy atom. The Hall–Kier alpha value is -1.60. The average molecular weight is 305 g/mol. The number of hydrogen-bond acceptors (Lipinski definition) is 6. The first-order chi connectivity index (χ1) is 10.3. The number of para-hydroxylation sites is 1. The molecule has 1 aromatic carbocycles. The summed E-state index contributed by atoms with van der Waals surface area (Å²) < 4.78 is 7.59. The van der Waals surface area contributed by atoms with Gasteiger partial charge in [-0.1, -0.05) is 36.9 Å². The predicted octanol–water partition coefficient (Wildman–Crippen LogP) is 1.80. The number of rotatable bonds is 5. The van der Waals surface area contributed by atoms with Crippen LogP contribution in [0.3, 0.4) is 0 Å². The lowest BCUT2D eigenvalue weighted by molar-refractivity contribution is 0.260. The van der Waals surface area contributed by atoms with Gasteiger partial charge in [0.25, 0.3) is 0 Å². The number of ether oxygens (including phenoxy) is 1. The zero-order valence-corrected chi connectivity index (χ0v) is 13.0. The fraction of sp³-hybridized carbons (Fsp3) is 0.500. The Labute approximate surface area is 128 Å². The third kappa shape index (κ3) is 3.03. The minimum atomic E-state index is 0.246. The molecule has 2 aromatic rings. The van der Waals surface area contributed by atoms with Gasteiger partial charge in [-0.2, -0.15) is 0 Å². The molecule has 6 nitrogen and oxygen atoms in total. The highest BCUT2D eigenvalue weighted by molar-refractivity contribution is 7.99. The first-order valence-corrected chi connectivity index (χ1v) is 8.01. The van der Waals surface area contributed by atoms with Crippen LogP contribution in [0.25, 0.3) is 0 Å². The van der Waals surface area contributed by atoms with Crippen molar-refractivity contribution in [3.05, 3.63) is 29.8 Å². The highest BCUT2D eigenvalue weighted by Gasteiger charge is 2.32. The number of tetrazole rings is 1. The van der Waals surface area contributed by atoms with Crippen molar-refractivity contribution >= 4 is 11.8 Å². The van der Waals surface area contributed by atoms with Gasteiger partial charge in [-0.15, -0.1) is 5.10 Å². The maximum atomic E-state index is 5.90. The van der Waals surface area contributed by atoms with E-state index in [9.17, 15) is 0 Å². The topological polar surface area (TPSA) is 64.9 Å². The maximum absolute atomic E-state index is 5.90. The van der Waals surface area contributed by atoms with E-state index in [-0.39, 0.29) is 11.3 Å². The van der Waals surface area contributed by atoms with E-state index in [1.54, 1.807) is 16.4 Å². The standard InChI is InChI=1S/C14H19N5OS/c1-3-8-15-13-10-6-4-5-7-11(10)20-9-12(13)21-14-16-17-18-19(14)2/h4-7,12-13,15H,3,8-9H2,1-2H3. The molecule has 0 saturated carbocycles. The van der Waals surface area contributed by atoms with Crippen molar-refractivity contribution in [2.45, 2.75) is 29.8 Å². The summed E-state index contributed by atoms with van der Waals surface area (Å²) in [6.45, 7) is 3.80. The molecule has 112 valence electrons. The molecule has 2 atom stereocenters. The Bertz CT molecular complexity index is 603. The largest absolute Gasteiger partial charge is 0.492 e. The molecular weight excluding hydrogens is 286 g/mol. The van der Waals surface area contributed by atoms with Crippen LogP contribution in [0.4, 0.5) is 0 Å². The highest BCUT2D eigenvalue weighted by atomic mass is 32.2. The first-order valence-electron chi connectivity index (χ1n) is 7.13. The molecule has 0 spiro atoms. The highest BCUT2D eigenvalue weighted by Crippen LogP contribution is 2.39. The van der Waals surface area contributed by atoms with Crippen molar-refractivity contribution in [1.29, 1.82) is 0 Å². The summed E-state index contributed by atoms with van der Waals surface area (Å²) in [4.78, 5) is 0. The van der Waals surface area contributed by atoms with E-state index in [1.807, 2.05) is 19.2 Å². The summed E-state index contributed by atoms with van der Waals surface area (Å²) >= 11 is 1.66. The van der Waals surface area contributed by atoms with Crippen LogP contribution in [0.2, 0.25) is 0 Å². The van der Waals surface area contributed by atoms with Gasteiger partial charge >= 0.3 is 0 Å². The van der Waals surface area contributed by atoms with E-state index >= 15 is 0 Å². The van der Waals surface area contributed by atoms with Crippen molar-refractivity contribution in [1.82, 2.24) is 25.5 Å². The molecule has 2 heterocycles. The number of aromatic nitrogens is 4. The van der Waals surface area contributed by atoms with E-state index in [1.165, 1.54) is 5.56 Å². The first kappa shape index (κ1) is 14.3. The number of hydrogen-bond donors (Lipinski definition) is 1. The van der Waals surface area contributed by atoms with Gasteiger partial charge in [0.05, 0.1) is 11.3 Å². The van der Waals surface area contributed by atoms with Crippen LogP contribution in [0.1, 0.15) is 24.9 Å². The summed E-state index contributed by atoms with van der Waals surface area (Å²) in [6, 6.07) is 8.47. The minimum Gasteiger partial charge on any atom is -0.492 e. The second-order valence-corrected chi connectivity index (χ2v) is 6.23. The molecule has 2 unspecified atom stereocenters. The van der Waals surface area contributed by atoms with Crippen LogP contribution in [-0.4, -0.2) is 38.6 Å². The molecule has 1 N–H and O–H groups in total. The fourth-order valence-electron chi connectivity index (χ4n) is 2.44. The number of thioether (sulfide) groups is 1. The Morgan fingerprint density at radius 2 is 2.29 bits per heavy atom. The molecule has 3 rings (SSSR count). The van der Waals surface area contributed by atoms with Gasteiger partial charge in [0.1, 0.15) is 12.4 Å². The van der Waals surface area contributed by atoms with E-state index < -0.39 is 0 Å². The van der Waals surface area contributed by atoms with Crippen LogP contribution in [0, 0.1) is 0 Å². The second kappa shape index (κ2) is 6.44. The van der Waals surface area contributed by atoms with E-state index in [0.29, 0.717) is 6.61 Å². The van der Waals surface area contributed by atoms with Gasteiger partial charge in [-0.05, 0) is 29.5 Å². The molecule has 0 amide bonds. The number of nitrogens with one attached hydrogen (secondary N) is 1. The third-order valence-electron chi connectivity index (χ3n) is 3.48. The third-order valence-corrected chi connectivity index (χ3v) is 4.75. The van der Waals surface area contributed by atoms with Gasteiger partial charge in [0.2, 0.25) is 5.16 Å². The SMILES string of the molecule is CCCNC1c2ccccc2OCC1Sc1nnnn1C. The zero-order valence-electron chi connectivity index (χ0n) is 12.2. The fourth-order valence-corrected chi connectivity index (χ4v) is 3.50. The van der Waals surface area contributed by atoms with Crippen molar-refractivity contribution in [2.75, 3.05) is 13.2 Å². The van der Waals surface area contributed by atoms with E-state index in [0.717, 1.165) is 23.9 Å². The Kier molecular flexibility index (Phi) is 4.40. The van der Waals surface area contributed by atoms with Gasteiger partial charge in [-0.3, -0.25) is 0 Å². The minimum absolute atomic E-state index is 0.246. The lowest BCUT2D eigenvalue weighted by Crippen LogP contribution is -2.38. The Morgan fingerprint density at radius 3 is 3.05 bits per heavy atom. The van der Waals surface area contributed by atoms with E-state index in [2.05, 4.69) is 39.9 Å². The normalized spacial score (nSPS) is 20.9. The number of benzene rings is 1. The monoisotopic (exact) mass is 305 g/mol. The lowest BCUT2D eigenvalue weighted by atomic mass is 10.00. The van der Waals surface area contributed by atoms with Gasteiger partial charge in [-0.25, -0.2) is 4.68 Å². The molecule has 1 aliphatic heterocycles. The molecule has 1 aliphatic rings. The average Bonchev–Trinajstić information content (AvgIpc) is 2.91. The van der Waals surface area contributed by atoms with Crippen LogP contribution in [0.5, 0.6) is 5.75 Å². The Balaban J connectivity index is 1.84. The summed E-state index contributed by atoms with van der Waals surface area (Å²) in [5, 5.41) is 16.3. The smallest absolute Gasteiger partial charge is 0.209 e. The van der Waals surface area contributed by atoms with Crippen LogP contribution in [0.15, 0.2) is 29.4 Å². The molecule has 0 saturated heterocycles.